The molecule has 210 valence electrons. The zero-order valence-electron chi connectivity index (χ0n) is 22.8. The number of anilines is 2. The maximum absolute atomic E-state index is 12.7. The highest BCUT2D eigenvalue weighted by atomic mass is 35.5. The molecule has 0 radical (unpaired) electrons. The fourth-order valence-electron chi connectivity index (χ4n) is 4.41. The van der Waals surface area contributed by atoms with Crippen molar-refractivity contribution < 1.29 is 9.72 Å². The van der Waals surface area contributed by atoms with Crippen LogP contribution in [0, 0.1) is 10.1 Å². The van der Waals surface area contributed by atoms with E-state index in [1.54, 1.807) is 0 Å². The summed E-state index contributed by atoms with van der Waals surface area (Å²) in [6.07, 6.45) is 10.2. The topological polar surface area (TPSA) is 75.5 Å². The van der Waals surface area contributed by atoms with Crippen LogP contribution in [0.25, 0.3) is 11.1 Å². The van der Waals surface area contributed by atoms with Crippen LogP contribution in [0.2, 0.25) is 5.02 Å². The Hall–Kier alpha value is -3.09. The minimum atomic E-state index is -0.551. The molecule has 3 aromatic rings. The van der Waals surface area contributed by atoms with Crippen molar-refractivity contribution in [2.45, 2.75) is 65.2 Å². The summed E-state index contributed by atoms with van der Waals surface area (Å²) in [6, 6.07) is 20.0. The highest BCUT2D eigenvalue weighted by molar-refractivity contribution is 6.34. The lowest BCUT2D eigenvalue weighted by atomic mass is 10.0. The molecule has 0 fully saturated rings. The van der Waals surface area contributed by atoms with Gasteiger partial charge in [-0.05, 0) is 54.3 Å². The van der Waals surface area contributed by atoms with E-state index in [1.165, 1.54) is 75.3 Å². The van der Waals surface area contributed by atoms with Gasteiger partial charge in [-0.2, -0.15) is 0 Å². The van der Waals surface area contributed by atoms with Crippen molar-refractivity contribution in [1.82, 2.24) is 0 Å². The van der Waals surface area contributed by atoms with Crippen LogP contribution >= 0.6 is 24.0 Å². The number of benzene rings is 3. The Labute approximate surface area is 243 Å². The number of carbonyl (C=O) groups is 1. The zero-order valence-corrected chi connectivity index (χ0v) is 24.4. The van der Waals surface area contributed by atoms with E-state index >= 15 is 0 Å². The monoisotopic (exact) mass is 571 g/mol. The molecular weight excluding hydrogens is 533 g/mol. The number of non-ortho nitro benzene ring substituents is 1. The maximum atomic E-state index is 12.7. The molecule has 8 heteroatoms. The van der Waals surface area contributed by atoms with E-state index in [2.05, 4.69) is 48.3 Å². The number of hydrogen-bond donors (Lipinski definition) is 1. The van der Waals surface area contributed by atoms with Gasteiger partial charge >= 0.3 is 0 Å². The lowest BCUT2D eigenvalue weighted by Crippen LogP contribution is -2.25. The fourth-order valence-corrected chi connectivity index (χ4v) is 4.62. The smallest absolute Gasteiger partial charge is 0.270 e. The molecular formula is C31H39Cl2N3O3. The third-order valence-electron chi connectivity index (χ3n) is 6.68. The van der Waals surface area contributed by atoms with Crippen LogP contribution in [-0.4, -0.2) is 23.9 Å². The molecule has 3 rings (SSSR count). The van der Waals surface area contributed by atoms with Crippen LogP contribution in [0.15, 0.2) is 66.7 Å². The second-order valence-corrected chi connectivity index (χ2v) is 10.0. The van der Waals surface area contributed by atoms with Crippen LogP contribution < -0.4 is 10.2 Å². The number of nitrogens with zero attached hydrogens (tertiary/aromatic N) is 2. The molecule has 0 aliphatic carbocycles. The third kappa shape index (κ3) is 9.86. The Bertz CT molecular complexity index is 1180. The van der Waals surface area contributed by atoms with E-state index < -0.39 is 10.8 Å². The van der Waals surface area contributed by atoms with Crippen molar-refractivity contribution in [3.05, 3.63) is 87.4 Å². The van der Waals surface area contributed by atoms with Gasteiger partial charge in [-0.3, -0.25) is 14.9 Å². The van der Waals surface area contributed by atoms with Crippen LogP contribution in [0.4, 0.5) is 17.1 Å². The molecule has 0 bridgehead atoms. The van der Waals surface area contributed by atoms with Gasteiger partial charge in [0.05, 0.1) is 15.5 Å². The number of amides is 1. The summed E-state index contributed by atoms with van der Waals surface area (Å²) in [5, 5.41) is 14.0. The minimum Gasteiger partial charge on any atom is -0.372 e. The first-order chi connectivity index (χ1) is 18.4. The third-order valence-corrected chi connectivity index (χ3v) is 7.01. The molecule has 1 N–H and O–H groups in total. The predicted octanol–water partition coefficient (Wildman–Crippen LogP) is 9.56. The number of unbranched alkanes of at least 4 members (excludes halogenated alkanes) is 6. The van der Waals surface area contributed by atoms with Gasteiger partial charge in [0.2, 0.25) is 0 Å². The average molecular weight is 573 g/mol. The Morgan fingerprint density at radius 1 is 0.821 bits per heavy atom. The van der Waals surface area contributed by atoms with Crippen molar-refractivity contribution in [2.75, 3.05) is 23.3 Å². The van der Waals surface area contributed by atoms with Crippen LogP contribution in [0.5, 0.6) is 0 Å². The number of nitro groups is 1. The number of carbonyl (C=O) groups excluding carboxylic acids is 1. The molecule has 0 spiro atoms. The minimum absolute atomic E-state index is 0. The van der Waals surface area contributed by atoms with Gasteiger partial charge in [-0.15, -0.1) is 12.4 Å². The standard InChI is InChI=1S/C31H38ClN3O3.ClH/c1-3-5-7-8-9-10-22-34(21-6-4-2)27-17-13-25(14-18-27)24-11-15-26(16-12-24)33-31(36)29-23-28(35(37)38)19-20-30(29)32;/h11-20,23H,3-10,21-22H2,1-2H3,(H,33,36);1H. The maximum Gasteiger partial charge on any atom is 0.270 e. The van der Waals surface area contributed by atoms with Gasteiger partial charge in [0.1, 0.15) is 0 Å². The first-order valence-electron chi connectivity index (χ1n) is 13.6. The Kier molecular flexibility index (Phi) is 13.8. The summed E-state index contributed by atoms with van der Waals surface area (Å²) in [5.74, 6) is -0.492. The van der Waals surface area contributed by atoms with Crippen molar-refractivity contribution >= 4 is 47.0 Å². The first kappa shape index (κ1) is 32.1. The predicted molar refractivity (Wildman–Crippen MR) is 166 cm³/mol. The molecule has 0 unspecified atom stereocenters. The highest BCUT2D eigenvalue weighted by Crippen LogP contribution is 2.27. The highest BCUT2D eigenvalue weighted by Gasteiger charge is 2.16. The number of nitro benzene ring substituents is 1. The second kappa shape index (κ2) is 16.8. The van der Waals surface area contributed by atoms with Crippen molar-refractivity contribution in [3.63, 3.8) is 0 Å². The molecule has 0 aliphatic rings. The van der Waals surface area contributed by atoms with E-state index in [9.17, 15) is 14.9 Å². The fraction of sp³-hybridized carbons (Fsp3) is 0.387. The molecule has 0 saturated heterocycles. The van der Waals surface area contributed by atoms with E-state index in [1.807, 2.05) is 24.3 Å². The van der Waals surface area contributed by atoms with Gasteiger partial charge < -0.3 is 10.2 Å². The second-order valence-electron chi connectivity index (χ2n) is 9.61. The van der Waals surface area contributed by atoms with Crippen molar-refractivity contribution in [2.24, 2.45) is 0 Å². The first-order valence-corrected chi connectivity index (χ1v) is 14.0. The van der Waals surface area contributed by atoms with E-state index in [0.29, 0.717) is 5.69 Å². The lowest BCUT2D eigenvalue weighted by molar-refractivity contribution is -0.384. The van der Waals surface area contributed by atoms with Gasteiger partial charge in [-0.1, -0.05) is 88.2 Å². The molecule has 0 saturated carbocycles. The molecule has 0 atom stereocenters. The normalized spacial score (nSPS) is 10.5. The summed E-state index contributed by atoms with van der Waals surface area (Å²) in [7, 11) is 0. The zero-order chi connectivity index (χ0) is 27.3. The van der Waals surface area contributed by atoms with Crippen LogP contribution in [0.3, 0.4) is 0 Å². The van der Waals surface area contributed by atoms with Crippen molar-refractivity contribution in [1.29, 1.82) is 0 Å². The van der Waals surface area contributed by atoms with Gasteiger partial charge in [0, 0.05) is 36.6 Å². The molecule has 0 heterocycles. The SMILES string of the molecule is CCCCCCCCN(CCCC)c1ccc(-c2ccc(NC(=O)c3cc([N+](=O)[O-])ccc3Cl)cc2)cc1.Cl. The van der Waals surface area contributed by atoms with Crippen LogP contribution in [-0.2, 0) is 0 Å². The van der Waals surface area contributed by atoms with E-state index in [-0.39, 0.29) is 28.7 Å². The van der Waals surface area contributed by atoms with Crippen molar-refractivity contribution in [3.8, 4) is 11.1 Å². The Balaban J connectivity index is 0.00000533. The van der Waals surface area contributed by atoms with Gasteiger partial charge in [0.25, 0.3) is 11.6 Å². The van der Waals surface area contributed by atoms with E-state index in [4.69, 9.17) is 11.6 Å². The molecule has 0 aromatic heterocycles. The summed E-state index contributed by atoms with van der Waals surface area (Å²) in [6.45, 7) is 6.65. The molecule has 6 nitrogen and oxygen atoms in total. The summed E-state index contributed by atoms with van der Waals surface area (Å²) >= 11 is 6.10. The number of hydrogen-bond acceptors (Lipinski definition) is 4. The molecule has 0 aliphatic heterocycles. The summed E-state index contributed by atoms with van der Waals surface area (Å²) < 4.78 is 0. The number of nitrogens with one attached hydrogen (secondary N) is 1. The molecule has 1 amide bonds. The largest absolute Gasteiger partial charge is 0.372 e. The summed E-state index contributed by atoms with van der Waals surface area (Å²) in [4.78, 5) is 25.7. The van der Waals surface area contributed by atoms with Gasteiger partial charge in [0.15, 0.2) is 0 Å². The molecule has 3 aromatic carbocycles. The number of halogens is 2. The van der Waals surface area contributed by atoms with Crippen LogP contribution in [0.1, 0.15) is 75.6 Å². The summed E-state index contributed by atoms with van der Waals surface area (Å²) in [5.41, 5.74) is 3.87. The average Bonchev–Trinajstić information content (AvgIpc) is 2.93. The Morgan fingerprint density at radius 2 is 1.38 bits per heavy atom. The lowest BCUT2D eigenvalue weighted by Gasteiger charge is -2.25. The Morgan fingerprint density at radius 3 is 2.00 bits per heavy atom. The van der Waals surface area contributed by atoms with E-state index in [0.717, 1.165) is 24.2 Å². The number of rotatable bonds is 15. The van der Waals surface area contributed by atoms with Gasteiger partial charge in [-0.25, -0.2) is 0 Å². The quantitative estimate of drug-likeness (QED) is 0.112. The molecule has 39 heavy (non-hydrogen) atoms.